The van der Waals surface area contributed by atoms with Crippen LogP contribution in [0.15, 0.2) is 59.5 Å². The molecule has 29 heavy (non-hydrogen) atoms. The van der Waals surface area contributed by atoms with Crippen molar-refractivity contribution in [3.8, 4) is 16.8 Å². The predicted molar refractivity (Wildman–Crippen MR) is 112 cm³/mol. The van der Waals surface area contributed by atoms with Crippen LogP contribution in [0.1, 0.15) is 31.4 Å². The van der Waals surface area contributed by atoms with Crippen molar-refractivity contribution in [2.75, 3.05) is 0 Å². The normalized spacial score (nSPS) is 11.3. The number of benzene rings is 2. The van der Waals surface area contributed by atoms with Gasteiger partial charge in [0.25, 0.3) is 5.56 Å². The van der Waals surface area contributed by atoms with Crippen LogP contribution in [0.3, 0.4) is 0 Å². The fourth-order valence-electron chi connectivity index (χ4n) is 3.12. The molecule has 0 fully saturated rings. The highest BCUT2D eigenvalue weighted by molar-refractivity contribution is 7.71. The molecule has 2 aromatic carbocycles. The molecule has 1 aromatic heterocycles. The van der Waals surface area contributed by atoms with Gasteiger partial charge in [-0.05, 0) is 54.2 Å². The number of nitrogens with zero attached hydrogens (tertiary/aromatic N) is 2. The van der Waals surface area contributed by atoms with Gasteiger partial charge in [-0.3, -0.25) is 4.79 Å². The first kappa shape index (κ1) is 20.9. The van der Waals surface area contributed by atoms with E-state index >= 15 is 0 Å². The molecule has 1 heterocycles. The minimum Gasteiger partial charge on any atom is -0.267 e. The Kier molecular flexibility index (Phi) is 6.59. The molecule has 0 spiro atoms. The molecule has 0 saturated heterocycles. The summed E-state index contributed by atoms with van der Waals surface area (Å²) in [6.07, 6.45) is 3.07. The van der Waals surface area contributed by atoms with Crippen molar-refractivity contribution in [1.29, 1.82) is 0 Å². The molecule has 3 rings (SSSR count). The highest BCUT2D eigenvalue weighted by atomic mass is 32.2. The fraction of sp³-hybridized carbons (Fsp3) is 0.273. The Labute approximate surface area is 170 Å². The van der Waals surface area contributed by atoms with Crippen LogP contribution in [0, 0.1) is 11.7 Å². The monoisotopic (exact) mass is 414 g/mol. The zero-order valence-electron chi connectivity index (χ0n) is 16.3. The van der Waals surface area contributed by atoms with Gasteiger partial charge in [-0.1, -0.05) is 38.1 Å². The molecule has 0 radical (unpaired) electrons. The second-order valence-corrected chi connectivity index (χ2v) is 8.33. The van der Waals surface area contributed by atoms with E-state index in [0.29, 0.717) is 29.2 Å². The lowest BCUT2D eigenvalue weighted by Gasteiger charge is -2.14. The second kappa shape index (κ2) is 9.13. The Morgan fingerprint density at radius 3 is 2.28 bits per heavy atom. The van der Waals surface area contributed by atoms with Gasteiger partial charge in [-0.25, -0.2) is 12.8 Å². The molecule has 0 amide bonds. The molecule has 0 bridgehead atoms. The maximum Gasteiger partial charge on any atom is 0.275 e. The van der Waals surface area contributed by atoms with Crippen molar-refractivity contribution in [3.05, 3.63) is 82.0 Å². The van der Waals surface area contributed by atoms with Crippen molar-refractivity contribution < 1.29 is 12.8 Å². The Bertz CT molecular complexity index is 1110. The van der Waals surface area contributed by atoms with E-state index in [1.54, 1.807) is 18.3 Å². The molecule has 0 atom stereocenters. The average Bonchev–Trinajstić information content (AvgIpc) is 2.68. The van der Waals surface area contributed by atoms with Gasteiger partial charge in [-0.15, -0.1) is 0 Å². The Balaban J connectivity index is 2.07. The SMILES string of the molecule is CC(C)CCc1c(-c2ccc(C[SH](=O)=O)cc2)cnn(-c2ccc(F)cc2)c1=O. The maximum atomic E-state index is 13.2. The Hall–Kier alpha value is -2.80. The zero-order valence-corrected chi connectivity index (χ0v) is 17.2. The summed E-state index contributed by atoms with van der Waals surface area (Å²) in [5.74, 6) is 0.0315. The van der Waals surface area contributed by atoms with Crippen molar-refractivity contribution in [2.24, 2.45) is 5.92 Å². The summed E-state index contributed by atoms with van der Waals surface area (Å²) in [6.45, 7) is 4.19. The van der Waals surface area contributed by atoms with Crippen LogP contribution in [0.5, 0.6) is 0 Å². The molecule has 3 aromatic rings. The third-order valence-corrected chi connectivity index (χ3v) is 5.32. The quantitative estimate of drug-likeness (QED) is 0.598. The fourth-order valence-corrected chi connectivity index (χ4v) is 3.63. The summed E-state index contributed by atoms with van der Waals surface area (Å²) in [6, 6.07) is 12.8. The predicted octanol–water partition coefficient (Wildman–Crippen LogP) is 3.74. The lowest BCUT2D eigenvalue weighted by atomic mass is 9.96. The minimum absolute atomic E-state index is 0.0137. The third-order valence-electron chi connectivity index (χ3n) is 4.70. The summed E-state index contributed by atoms with van der Waals surface area (Å²) < 4.78 is 36.4. The van der Waals surface area contributed by atoms with Gasteiger partial charge in [0.2, 0.25) is 0 Å². The molecule has 0 aliphatic rings. The van der Waals surface area contributed by atoms with Crippen LogP contribution in [0.25, 0.3) is 16.8 Å². The van der Waals surface area contributed by atoms with E-state index in [1.807, 2.05) is 12.1 Å². The first-order chi connectivity index (χ1) is 13.8. The Morgan fingerprint density at radius 2 is 1.69 bits per heavy atom. The molecule has 0 aliphatic heterocycles. The van der Waals surface area contributed by atoms with Gasteiger partial charge in [0, 0.05) is 11.1 Å². The van der Waals surface area contributed by atoms with Gasteiger partial charge in [-0.2, -0.15) is 9.78 Å². The standard InChI is InChI=1S/C22H23FN2O3S/c1-15(2)3-12-20-21(17-6-4-16(5-7-17)14-29(27)28)13-24-25(22(20)26)19-10-8-18(23)9-11-19/h4-11,13,15,29H,3,12,14H2,1-2H3. The zero-order chi connectivity index (χ0) is 21.0. The molecule has 0 saturated carbocycles. The first-order valence-electron chi connectivity index (χ1n) is 9.43. The molecule has 5 nitrogen and oxygen atoms in total. The summed E-state index contributed by atoms with van der Waals surface area (Å²) in [4.78, 5) is 13.2. The maximum absolute atomic E-state index is 13.2. The van der Waals surface area contributed by atoms with Crippen LogP contribution in [-0.2, 0) is 22.9 Å². The van der Waals surface area contributed by atoms with E-state index in [9.17, 15) is 17.6 Å². The van der Waals surface area contributed by atoms with E-state index in [1.165, 1.54) is 28.9 Å². The van der Waals surface area contributed by atoms with Crippen molar-refractivity contribution in [2.45, 2.75) is 32.4 Å². The van der Waals surface area contributed by atoms with Gasteiger partial charge in [0.1, 0.15) is 16.5 Å². The number of rotatable bonds is 7. The van der Waals surface area contributed by atoms with E-state index in [4.69, 9.17) is 0 Å². The van der Waals surface area contributed by atoms with Crippen LogP contribution < -0.4 is 5.56 Å². The van der Waals surface area contributed by atoms with Gasteiger partial charge in [0.15, 0.2) is 0 Å². The molecule has 0 N–H and O–H groups in total. The summed E-state index contributed by atoms with van der Waals surface area (Å²) >= 11 is 0. The van der Waals surface area contributed by atoms with Crippen LogP contribution in [0.4, 0.5) is 4.39 Å². The number of thiol groups is 1. The third kappa shape index (κ3) is 5.17. The second-order valence-electron chi connectivity index (χ2n) is 7.35. The summed E-state index contributed by atoms with van der Waals surface area (Å²) in [5, 5.41) is 4.30. The van der Waals surface area contributed by atoms with E-state index in [0.717, 1.165) is 17.5 Å². The number of hydrogen-bond donors (Lipinski definition) is 1. The van der Waals surface area contributed by atoms with Crippen LogP contribution in [0.2, 0.25) is 0 Å². The largest absolute Gasteiger partial charge is 0.275 e. The average molecular weight is 415 g/mol. The topological polar surface area (TPSA) is 69.0 Å². The highest BCUT2D eigenvalue weighted by Crippen LogP contribution is 2.24. The molecule has 152 valence electrons. The smallest absolute Gasteiger partial charge is 0.267 e. The lowest BCUT2D eigenvalue weighted by Crippen LogP contribution is -2.26. The van der Waals surface area contributed by atoms with E-state index in [-0.39, 0.29) is 17.1 Å². The van der Waals surface area contributed by atoms with Crippen LogP contribution in [-0.4, -0.2) is 18.2 Å². The number of hydrogen-bond acceptors (Lipinski definition) is 4. The molecular weight excluding hydrogens is 391 g/mol. The van der Waals surface area contributed by atoms with Gasteiger partial charge in [0.05, 0.1) is 17.6 Å². The molecule has 0 unspecified atom stereocenters. The van der Waals surface area contributed by atoms with E-state index < -0.39 is 10.7 Å². The molecule has 7 heteroatoms. The van der Waals surface area contributed by atoms with E-state index in [2.05, 4.69) is 18.9 Å². The molecule has 0 aliphatic carbocycles. The number of halogens is 1. The Morgan fingerprint density at radius 1 is 1.03 bits per heavy atom. The van der Waals surface area contributed by atoms with Crippen molar-refractivity contribution in [3.63, 3.8) is 0 Å². The first-order valence-corrected chi connectivity index (χ1v) is 10.8. The van der Waals surface area contributed by atoms with Gasteiger partial charge < -0.3 is 0 Å². The highest BCUT2D eigenvalue weighted by Gasteiger charge is 2.15. The van der Waals surface area contributed by atoms with Crippen molar-refractivity contribution in [1.82, 2.24) is 9.78 Å². The van der Waals surface area contributed by atoms with Gasteiger partial charge >= 0.3 is 0 Å². The van der Waals surface area contributed by atoms with Crippen molar-refractivity contribution >= 4 is 10.7 Å². The number of aromatic nitrogens is 2. The lowest BCUT2D eigenvalue weighted by molar-refractivity contribution is 0.582. The summed E-state index contributed by atoms with van der Waals surface area (Å²) in [5.41, 5.74) is 3.14. The summed E-state index contributed by atoms with van der Waals surface area (Å²) in [7, 11) is -2.49. The van der Waals surface area contributed by atoms with Crippen LogP contribution >= 0.6 is 0 Å². The minimum atomic E-state index is -2.49. The molecular formula is C22H23FN2O3S.